The first kappa shape index (κ1) is 20.1. The van der Waals surface area contributed by atoms with E-state index < -0.39 is 6.23 Å². The van der Waals surface area contributed by atoms with Crippen molar-refractivity contribution in [1.29, 1.82) is 0 Å². The number of nitrogens with zero attached hydrogens (tertiary/aromatic N) is 2. The number of ether oxygens (including phenoxy) is 4. The van der Waals surface area contributed by atoms with Gasteiger partial charge in [0.2, 0.25) is 12.0 Å². The fourth-order valence-electron chi connectivity index (χ4n) is 4.38. The average Bonchev–Trinajstić information content (AvgIpc) is 3.28. The molecule has 0 saturated carbocycles. The fraction of sp³-hybridized carbons (Fsp3) is 0.240. The Morgan fingerprint density at radius 3 is 2.31 bits per heavy atom. The first-order chi connectivity index (χ1) is 15.6. The molecule has 7 nitrogen and oxygen atoms in total. The predicted molar refractivity (Wildman–Crippen MR) is 120 cm³/mol. The van der Waals surface area contributed by atoms with Gasteiger partial charge in [0.1, 0.15) is 11.5 Å². The van der Waals surface area contributed by atoms with Crippen molar-refractivity contribution in [1.82, 2.24) is 5.01 Å². The van der Waals surface area contributed by atoms with Crippen molar-refractivity contribution >= 4 is 5.71 Å². The Labute approximate surface area is 186 Å². The molecule has 0 aromatic heterocycles. The van der Waals surface area contributed by atoms with Crippen LogP contribution in [-0.4, -0.2) is 37.2 Å². The highest BCUT2D eigenvalue weighted by atomic mass is 16.5. The molecule has 2 heterocycles. The van der Waals surface area contributed by atoms with E-state index in [1.807, 2.05) is 47.5 Å². The quantitative estimate of drug-likeness (QED) is 0.632. The summed E-state index contributed by atoms with van der Waals surface area (Å²) in [5.41, 5.74) is 3.42. The Balaban J connectivity index is 1.64. The van der Waals surface area contributed by atoms with Gasteiger partial charge in [0.05, 0.1) is 33.1 Å². The number of hydrazone groups is 1. The number of hydrogen-bond donors (Lipinski definition) is 1. The third kappa shape index (κ3) is 3.17. The van der Waals surface area contributed by atoms with Crippen LogP contribution in [0.5, 0.6) is 28.7 Å². The molecule has 5 rings (SSSR count). The van der Waals surface area contributed by atoms with Crippen molar-refractivity contribution in [2.24, 2.45) is 5.10 Å². The molecule has 32 heavy (non-hydrogen) atoms. The van der Waals surface area contributed by atoms with Crippen LogP contribution in [0.3, 0.4) is 0 Å². The van der Waals surface area contributed by atoms with Crippen LogP contribution in [-0.2, 0) is 0 Å². The van der Waals surface area contributed by atoms with Crippen LogP contribution in [0, 0.1) is 0 Å². The summed E-state index contributed by atoms with van der Waals surface area (Å²) in [5, 5.41) is 17.3. The van der Waals surface area contributed by atoms with Gasteiger partial charge in [0.15, 0.2) is 11.5 Å². The van der Waals surface area contributed by atoms with Gasteiger partial charge in [0, 0.05) is 23.1 Å². The molecule has 0 aliphatic carbocycles. The summed E-state index contributed by atoms with van der Waals surface area (Å²) in [5.74, 6) is 2.63. The fourth-order valence-corrected chi connectivity index (χ4v) is 4.38. The molecule has 0 amide bonds. The van der Waals surface area contributed by atoms with Gasteiger partial charge in [-0.05, 0) is 30.3 Å². The Morgan fingerprint density at radius 1 is 0.938 bits per heavy atom. The minimum Gasteiger partial charge on any atom is -0.507 e. The molecule has 2 atom stereocenters. The number of phenolic OH excluding ortho intramolecular Hbond substituents is 1. The summed E-state index contributed by atoms with van der Waals surface area (Å²) in [4.78, 5) is 0. The SMILES string of the molecule is COc1cc([C@H]2Oc3ccccc3[C@@H]3CC(c4ccccc4O)=NN23)cc(OC)c1OC. The highest BCUT2D eigenvalue weighted by molar-refractivity contribution is 6.04. The topological polar surface area (TPSA) is 72.8 Å². The third-order valence-corrected chi connectivity index (χ3v) is 5.89. The van der Waals surface area contributed by atoms with E-state index in [2.05, 4.69) is 6.07 Å². The van der Waals surface area contributed by atoms with Gasteiger partial charge in [-0.25, -0.2) is 5.01 Å². The average molecular weight is 432 g/mol. The molecular formula is C25H24N2O5. The monoisotopic (exact) mass is 432 g/mol. The Morgan fingerprint density at radius 2 is 1.62 bits per heavy atom. The number of para-hydroxylation sites is 2. The number of fused-ring (bicyclic) bond motifs is 3. The van der Waals surface area contributed by atoms with Crippen molar-refractivity contribution in [2.75, 3.05) is 21.3 Å². The molecular weight excluding hydrogens is 408 g/mol. The minimum absolute atomic E-state index is 0.0290. The van der Waals surface area contributed by atoms with Crippen LogP contribution in [0.1, 0.15) is 35.4 Å². The minimum atomic E-state index is -0.507. The van der Waals surface area contributed by atoms with Crippen LogP contribution in [0.2, 0.25) is 0 Å². The predicted octanol–water partition coefficient (Wildman–Crippen LogP) is 4.66. The van der Waals surface area contributed by atoms with Gasteiger partial charge in [-0.1, -0.05) is 30.3 Å². The van der Waals surface area contributed by atoms with E-state index in [4.69, 9.17) is 24.0 Å². The second-order valence-electron chi connectivity index (χ2n) is 7.63. The van der Waals surface area contributed by atoms with Crippen molar-refractivity contribution in [3.8, 4) is 28.7 Å². The van der Waals surface area contributed by atoms with Crippen LogP contribution < -0.4 is 18.9 Å². The van der Waals surface area contributed by atoms with E-state index in [0.29, 0.717) is 23.7 Å². The van der Waals surface area contributed by atoms with E-state index >= 15 is 0 Å². The maximum atomic E-state index is 10.4. The number of benzene rings is 3. The molecule has 2 aliphatic rings. The van der Waals surface area contributed by atoms with E-state index in [1.54, 1.807) is 33.5 Å². The Kier molecular flexibility index (Phi) is 5.01. The number of hydrogen-bond acceptors (Lipinski definition) is 7. The maximum Gasteiger partial charge on any atom is 0.214 e. The second kappa shape index (κ2) is 8.00. The molecule has 0 spiro atoms. The molecule has 1 N–H and O–H groups in total. The van der Waals surface area contributed by atoms with Crippen LogP contribution in [0.25, 0.3) is 0 Å². The lowest BCUT2D eigenvalue weighted by Gasteiger charge is -2.38. The smallest absolute Gasteiger partial charge is 0.214 e. The molecule has 3 aromatic rings. The van der Waals surface area contributed by atoms with Crippen molar-refractivity contribution in [2.45, 2.75) is 18.7 Å². The molecule has 0 saturated heterocycles. The molecule has 0 unspecified atom stereocenters. The molecule has 3 aromatic carbocycles. The maximum absolute atomic E-state index is 10.4. The standard InChI is InChI=1S/C25H24N2O5/c1-29-22-12-15(13-23(30-2)24(22)31-3)25-27-19(17-9-5-7-11-21(17)32-25)14-18(26-27)16-8-4-6-10-20(16)28/h4-13,19,25,28H,14H2,1-3H3/t19-,25+/m0/s1. The molecule has 164 valence electrons. The van der Waals surface area contributed by atoms with Crippen LogP contribution >= 0.6 is 0 Å². The number of aromatic hydroxyl groups is 1. The van der Waals surface area contributed by atoms with E-state index in [1.165, 1.54) is 0 Å². The zero-order valence-corrected chi connectivity index (χ0v) is 18.1. The number of methoxy groups -OCH3 is 3. The zero-order chi connectivity index (χ0) is 22.2. The third-order valence-electron chi connectivity index (χ3n) is 5.89. The van der Waals surface area contributed by atoms with E-state index in [9.17, 15) is 5.11 Å². The summed E-state index contributed by atoms with van der Waals surface area (Å²) in [6, 6.07) is 19.0. The molecule has 0 radical (unpaired) electrons. The molecule has 2 aliphatic heterocycles. The molecule has 7 heteroatoms. The lowest BCUT2D eigenvalue weighted by molar-refractivity contribution is -0.0192. The first-order valence-corrected chi connectivity index (χ1v) is 10.3. The summed E-state index contributed by atoms with van der Waals surface area (Å²) in [6.45, 7) is 0. The van der Waals surface area contributed by atoms with Gasteiger partial charge in [0.25, 0.3) is 0 Å². The summed E-state index contributed by atoms with van der Waals surface area (Å²) in [6.07, 6.45) is 0.144. The highest BCUT2D eigenvalue weighted by Crippen LogP contribution is 2.50. The van der Waals surface area contributed by atoms with Gasteiger partial charge in [-0.3, -0.25) is 0 Å². The van der Waals surface area contributed by atoms with Crippen molar-refractivity contribution < 1.29 is 24.1 Å². The molecule has 0 bridgehead atoms. The Bertz CT molecular complexity index is 1170. The summed E-state index contributed by atoms with van der Waals surface area (Å²) < 4.78 is 23.0. The van der Waals surface area contributed by atoms with E-state index in [0.717, 1.165) is 28.2 Å². The van der Waals surface area contributed by atoms with Crippen molar-refractivity contribution in [3.63, 3.8) is 0 Å². The summed E-state index contributed by atoms with van der Waals surface area (Å²) in [7, 11) is 4.75. The second-order valence-corrected chi connectivity index (χ2v) is 7.63. The summed E-state index contributed by atoms with van der Waals surface area (Å²) >= 11 is 0. The normalized spacial score (nSPS) is 18.8. The highest BCUT2D eigenvalue weighted by Gasteiger charge is 2.41. The van der Waals surface area contributed by atoms with Crippen LogP contribution in [0.4, 0.5) is 0 Å². The number of phenols is 1. The zero-order valence-electron chi connectivity index (χ0n) is 18.1. The van der Waals surface area contributed by atoms with E-state index in [-0.39, 0.29) is 11.8 Å². The lowest BCUT2D eigenvalue weighted by atomic mass is 9.95. The lowest BCUT2D eigenvalue weighted by Crippen LogP contribution is -2.33. The largest absolute Gasteiger partial charge is 0.507 e. The van der Waals surface area contributed by atoms with Gasteiger partial charge in [-0.15, -0.1) is 0 Å². The van der Waals surface area contributed by atoms with Gasteiger partial charge in [-0.2, -0.15) is 5.10 Å². The van der Waals surface area contributed by atoms with Crippen LogP contribution in [0.15, 0.2) is 65.8 Å². The first-order valence-electron chi connectivity index (χ1n) is 10.3. The molecule has 0 fully saturated rings. The number of rotatable bonds is 5. The Hall–Kier alpha value is -3.87. The van der Waals surface area contributed by atoms with Gasteiger partial charge < -0.3 is 24.1 Å². The van der Waals surface area contributed by atoms with Gasteiger partial charge >= 0.3 is 0 Å². The van der Waals surface area contributed by atoms with Crippen molar-refractivity contribution in [3.05, 3.63) is 77.4 Å².